The highest BCUT2D eigenvalue weighted by Crippen LogP contribution is 2.27. The van der Waals surface area contributed by atoms with Crippen LogP contribution in [0, 0.1) is 0 Å². The molecular weight excluding hydrogens is 264 g/mol. The van der Waals surface area contributed by atoms with E-state index in [4.69, 9.17) is 4.43 Å². The van der Waals surface area contributed by atoms with E-state index >= 15 is 0 Å². The van der Waals surface area contributed by atoms with E-state index in [-0.39, 0.29) is 0 Å². The number of hydrogen-bond donors (Lipinski definition) is 0. The van der Waals surface area contributed by atoms with Crippen molar-refractivity contribution in [1.82, 2.24) is 0 Å². The van der Waals surface area contributed by atoms with Crippen molar-refractivity contribution in [3.63, 3.8) is 0 Å². The maximum absolute atomic E-state index is 11.6. The van der Waals surface area contributed by atoms with Crippen LogP contribution in [0.2, 0.25) is 18.1 Å². The number of hydrogen-bond acceptors (Lipinski definition) is 4. The summed E-state index contributed by atoms with van der Waals surface area (Å²) in [6, 6.07) is 2.77. The Hall–Kier alpha value is -1.24. The smallest absolute Gasteiger partial charge is 0.452 e. The summed E-state index contributed by atoms with van der Waals surface area (Å²) in [5, 5.41) is 6.37. The molecule has 0 aromatic heterocycles. The van der Waals surface area contributed by atoms with Gasteiger partial charge in [0.2, 0.25) is 0 Å². The van der Waals surface area contributed by atoms with Gasteiger partial charge in [-0.2, -0.15) is 0 Å². The van der Waals surface area contributed by atoms with Crippen LogP contribution in [0.15, 0.2) is 10.2 Å². The van der Waals surface area contributed by atoms with Gasteiger partial charge in [0.25, 0.3) is 8.32 Å². The topological polar surface area (TPSA) is 77.3 Å². The molecule has 2 amide bonds. The van der Waals surface area contributed by atoms with Crippen LogP contribution in [0.3, 0.4) is 0 Å². The number of carbonyl (C=O) groups excluding carboxylic acids is 2. The molecule has 7 heteroatoms. The largest absolute Gasteiger partial charge is 0.501 e. The summed E-state index contributed by atoms with van der Waals surface area (Å²) in [5.74, 6) is 0. The van der Waals surface area contributed by atoms with Crippen LogP contribution < -0.4 is 0 Å². The van der Waals surface area contributed by atoms with Gasteiger partial charge < -0.3 is 9.16 Å². The molecule has 0 aliphatic carbocycles. The standard InChI is InChI=1S/C12H24N2O4Si/c1-5-8-19(9-6-2,10-7-3)18-12(16)14-13-11(15)17-4/h5-10H2,1-4H3/b14-13+. The van der Waals surface area contributed by atoms with Gasteiger partial charge >= 0.3 is 12.2 Å². The van der Waals surface area contributed by atoms with Crippen molar-refractivity contribution < 1.29 is 18.8 Å². The third-order valence-corrected chi connectivity index (χ3v) is 7.65. The van der Waals surface area contributed by atoms with E-state index < -0.39 is 20.5 Å². The lowest BCUT2D eigenvalue weighted by Crippen LogP contribution is -2.39. The number of ether oxygens (including phenoxy) is 1. The van der Waals surface area contributed by atoms with E-state index in [0.29, 0.717) is 0 Å². The first-order valence-corrected chi connectivity index (χ1v) is 9.29. The third-order valence-electron chi connectivity index (χ3n) is 2.81. The molecule has 0 fully saturated rings. The van der Waals surface area contributed by atoms with E-state index in [9.17, 15) is 9.59 Å². The number of amides is 2. The lowest BCUT2D eigenvalue weighted by Gasteiger charge is -2.29. The molecule has 0 bridgehead atoms. The fourth-order valence-corrected chi connectivity index (χ4v) is 6.42. The van der Waals surface area contributed by atoms with Crippen molar-refractivity contribution in [3.8, 4) is 0 Å². The molecule has 0 aliphatic rings. The van der Waals surface area contributed by atoms with Crippen LogP contribution in [-0.2, 0) is 9.16 Å². The summed E-state index contributed by atoms with van der Waals surface area (Å²) in [4.78, 5) is 22.4. The average Bonchev–Trinajstić information content (AvgIpc) is 2.36. The minimum absolute atomic E-state index is 0.771. The fraction of sp³-hybridized carbons (Fsp3) is 0.833. The minimum atomic E-state index is -2.10. The van der Waals surface area contributed by atoms with Crippen LogP contribution in [0.1, 0.15) is 40.0 Å². The van der Waals surface area contributed by atoms with Crippen LogP contribution >= 0.6 is 0 Å². The molecule has 0 aromatic rings. The lowest BCUT2D eigenvalue weighted by molar-refractivity contribution is 0.177. The molecular formula is C12H24N2O4Si. The van der Waals surface area contributed by atoms with Crippen LogP contribution in [0.5, 0.6) is 0 Å². The first-order valence-electron chi connectivity index (χ1n) is 6.76. The van der Waals surface area contributed by atoms with Gasteiger partial charge in [-0.05, 0) is 18.1 Å². The highest BCUT2D eigenvalue weighted by Gasteiger charge is 2.36. The van der Waals surface area contributed by atoms with Gasteiger partial charge in [0.15, 0.2) is 0 Å². The summed E-state index contributed by atoms with van der Waals surface area (Å²) in [6.07, 6.45) is 1.27. The number of rotatable bonds is 7. The zero-order valence-electron chi connectivity index (χ0n) is 12.3. The van der Waals surface area contributed by atoms with Crippen molar-refractivity contribution in [1.29, 1.82) is 0 Å². The van der Waals surface area contributed by atoms with E-state index in [2.05, 4.69) is 35.7 Å². The molecule has 0 saturated heterocycles. The van der Waals surface area contributed by atoms with Crippen molar-refractivity contribution in [2.75, 3.05) is 7.11 Å². The zero-order chi connectivity index (χ0) is 14.7. The van der Waals surface area contributed by atoms with Crippen molar-refractivity contribution in [3.05, 3.63) is 0 Å². The normalized spacial score (nSPS) is 11.6. The van der Waals surface area contributed by atoms with Gasteiger partial charge in [-0.25, -0.2) is 9.59 Å². The molecule has 0 radical (unpaired) electrons. The summed E-state index contributed by atoms with van der Waals surface area (Å²) >= 11 is 0. The van der Waals surface area contributed by atoms with Crippen LogP contribution in [0.25, 0.3) is 0 Å². The molecule has 0 aliphatic heterocycles. The zero-order valence-corrected chi connectivity index (χ0v) is 13.3. The second kappa shape index (κ2) is 9.66. The van der Waals surface area contributed by atoms with Crippen molar-refractivity contribution in [2.24, 2.45) is 10.2 Å². The van der Waals surface area contributed by atoms with Crippen molar-refractivity contribution >= 4 is 20.5 Å². The van der Waals surface area contributed by atoms with Gasteiger partial charge in [0, 0.05) is 0 Å². The molecule has 0 N–H and O–H groups in total. The number of azo groups is 1. The van der Waals surface area contributed by atoms with Gasteiger partial charge in [-0.3, -0.25) is 0 Å². The monoisotopic (exact) mass is 288 g/mol. The number of nitrogens with zero attached hydrogens (tertiary/aromatic N) is 2. The Morgan fingerprint density at radius 1 is 0.895 bits per heavy atom. The van der Waals surface area contributed by atoms with Crippen LogP contribution in [0.4, 0.5) is 9.59 Å². The predicted octanol–water partition coefficient (Wildman–Crippen LogP) is 4.52. The molecule has 0 spiro atoms. The third kappa shape index (κ3) is 7.05. The molecule has 0 aromatic carbocycles. The summed E-state index contributed by atoms with van der Waals surface area (Å²) in [5.41, 5.74) is 0. The second-order valence-corrected chi connectivity index (χ2v) is 8.54. The summed E-state index contributed by atoms with van der Waals surface area (Å²) in [6.45, 7) is 6.24. The highest BCUT2D eigenvalue weighted by molar-refractivity contribution is 6.75. The molecule has 19 heavy (non-hydrogen) atoms. The van der Waals surface area contributed by atoms with E-state index in [1.165, 1.54) is 7.11 Å². The molecule has 0 unspecified atom stereocenters. The minimum Gasteiger partial charge on any atom is -0.501 e. The Balaban J connectivity index is 4.73. The van der Waals surface area contributed by atoms with Gasteiger partial charge in [0.05, 0.1) is 7.11 Å². The molecule has 0 rings (SSSR count). The van der Waals surface area contributed by atoms with Crippen molar-refractivity contribution in [2.45, 2.75) is 58.2 Å². The summed E-state index contributed by atoms with van der Waals surface area (Å²) < 4.78 is 9.86. The second-order valence-electron chi connectivity index (χ2n) is 4.47. The van der Waals surface area contributed by atoms with E-state index in [1.54, 1.807) is 0 Å². The Morgan fingerprint density at radius 2 is 1.32 bits per heavy atom. The SMILES string of the molecule is CCC[Si](CCC)(CCC)OC(=O)/N=N/C(=O)OC. The maximum Gasteiger partial charge on any atom is 0.452 e. The van der Waals surface area contributed by atoms with Gasteiger partial charge in [0.1, 0.15) is 0 Å². The Bertz CT molecular complexity index is 304. The fourth-order valence-electron chi connectivity index (χ4n) is 2.22. The molecule has 110 valence electrons. The highest BCUT2D eigenvalue weighted by atomic mass is 28.4. The lowest BCUT2D eigenvalue weighted by atomic mass is 10.6. The first-order chi connectivity index (χ1) is 9.03. The van der Waals surface area contributed by atoms with Gasteiger partial charge in [-0.15, -0.1) is 0 Å². The molecule has 6 nitrogen and oxygen atoms in total. The number of carbonyl (C=O) groups is 2. The van der Waals surface area contributed by atoms with E-state index in [1.807, 2.05) is 0 Å². The van der Waals surface area contributed by atoms with E-state index in [0.717, 1.165) is 37.4 Å². The number of methoxy groups -OCH3 is 1. The Kier molecular flexibility index (Phi) is 9.02. The predicted molar refractivity (Wildman–Crippen MR) is 74.8 cm³/mol. The quantitative estimate of drug-likeness (QED) is 0.510. The Labute approximate surface area is 115 Å². The molecule has 0 heterocycles. The van der Waals surface area contributed by atoms with Crippen LogP contribution in [-0.4, -0.2) is 27.6 Å². The Morgan fingerprint density at radius 3 is 1.68 bits per heavy atom. The molecule has 0 atom stereocenters. The maximum atomic E-state index is 11.6. The average molecular weight is 288 g/mol. The van der Waals surface area contributed by atoms with Gasteiger partial charge in [-0.1, -0.05) is 50.3 Å². The first kappa shape index (κ1) is 17.8. The molecule has 0 saturated carbocycles. The summed E-state index contributed by atoms with van der Waals surface area (Å²) in [7, 11) is -0.919.